The summed E-state index contributed by atoms with van der Waals surface area (Å²) in [7, 11) is 1.62. The zero-order valence-electron chi connectivity index (χ0n) is 8.29. The van der Waals surface area contributed by atoms with Crippen LogP contribution in [0.1, 0.15) is 18.4 Å². The summed E-state index contributed by atoms with van der Waals surface area (Å²) >= 11 is 0. The van der Waals surface area contributed by atoms with Gasteiger partial charge in [-0.15, -0.1) is 0 Å². The van der Waals surface area contributed by atoms with E-state index in [1.54, 1.807) is 19.2 Å². The molecule has 0 unspecified atom stereocenters. The third-order valence-corrected chi connectivity index (χ3v) is 2.43. The molecule has 1 aromatic rings. The minimum Gasteiger partial charge on any atom is -0.508 e. The monoisotopic (exact) mass is 193 g/mol. The van der Waals surface area contributed by atoms with E-state index in [1.807, 2.05) is 6.07 Å². The van der Waals surface area contributed by atoms with Crippen LogP contribution in [0.4, 0.5) is 0 Å². The predicted octanol–water partition coefficient (Wildman–Crippen LogP) is 1.65. The Kier molecular flexibility index (Phi) is 2.59. The molecule has 76 valence electrons. The molecule has 14 heavy (non-hydrogen) atoms. The number of hydrogen-bond acceptors (Lipinski definition) is 3. The molecule has 0 radical (unpaired) electrons. The number of hydrogen-bond donors (Lipinski definition) is 2. The van der Waals surface area contributed by atoms with E-state index in [-0.39, 0.29) is 5.75 Å². The average molecular weight is 193 g/mol. The third-order valence-electron chi connectivity index (χ3n) is 2.43. The van der Waals surface area contributed by atoms with Gasteiger partial charge >= 0.3 is 0 Å². The van der Waals surface area contributed by atoms with Crippen LogP contribution in [0, 0.1) is 0 Å². The molecule has 1 aromatic carbocycles. The normalized spacial score (nSPS) is 15.5. The van der Waals surface area contributed by atoms with E-state index in [0.717, 1.165) is 17.9 Å². The molecule has 0 heterocycles. The van der Waals surface area contributed by atoms with Gasteiger partial charge in [-0.3, -0.25) is 0 Å². The molecule has 2 N–H and O–H groups in total. The fourth-order valence-corrected chi connectivity index (χ4v) is 1.42. The molecule has 3 nitrogen and oxygen atoms in total. The van der Waals surface area contributed by atoms with Gasteiger partial charge in [0.15, 0.2) is 0 Å². The summed E-state index contributed by atoms with van der Waals surface area (Å²) in [6.45, 7) is 0.814. The van der Waals surface area contributed by atoms with E-state index >= 15 is 0 Å². The highest BCUT2D eigenvalue weighted by Gasteiger charge is 2.20. The van der Waals surface area contributed by atoms with Gasteiger partial charge in [-0.25, -0.2) is 0 Å². The molecule has 0 atom stereocenters. The van der Waals surface area contributed by atoms with Gasteiger partial charge < -0.3 is 15.2 Å². The highest BCUT2D eigenvalue weighted by atomic mass is 16.5. The minimum absolute atomic E-state index is 0.247. The molecule has 2 rings (SSSR count). The molecular weight excluding hydrogens is 178 g/mol. The lowest BCUT2D eigenvalue weighted by atomic mass is 10.2. The van der Waals surface area contributed by atoms with Gasteiger partial charge in [-0.1, -0.05) is 6.07 Å². The van der Waals surface area contributed by atoms with Gasteiger partial charge in [-0.05, 0) is 18.9 Å². The molecule has 0 spiro atoms. The Hall–Kier alpha value is -1.22. The van der Waals surface area contributed by atoms with Crippen LogP contribution in [0.2, 0.25) is 0 Å². The molecule has 1 saturated carbocycles. The van der Waals surface area contributed by atoms with Crippen molar-refractivity contribution < 1.29 is 9.84 Å². The maximum Gasteiger partial charge on any atom is 0.127 e. The van der Waals surface area contributed by atoms with Gasteiger partial charge in [0, 0.05) is 24.2 Å². The van der Waals surface area contributed by atoms with E-state index in [0.29, 0.717) is 6.04 Å². The summed E-state index contributed by atoms with van der Waals surface area (Å²) in [4.78, 5) is 0. The summed E-state index contributed by atoms with van der Waals surface area (Å²) in [6, 6.07) is 5.91. The maximum atomic E-state index is 9.26. The molecule has 1 aliphatic rings. The van der Waals surface area contributed by atoms with Crippen molar-refractivity contribution in [2.75, 3.05) is 7.11 Å². The number of methoxy groups -OCH3 is 1. The maximum absolute atomic E-state index is 9.26. The number of phenols is 1. The lowest BCUT2D eigenvalue weighted by Crippen LogP contribution is -2.15. The first-order chi connectivity index (χ1) is 6.79. The summed E-state index contributed by atoms with van der Waals surface area (Å²) in [5.74, 6) is 0.996. The highest BCUT2D eigenvalue weighted by Crippen LogP contribution is 2.25. The van der Waals surface area contributed by atoms with Crippen LogP contribution in [0.5, 0.6) is 11.5 Å². The fourth-order valence-electron chi connectivity index (χ4n) is 1.42. The highest BCUT2D eigenvalue weighted by molar-refractivity contribution is 5.39. The van der Waals surface area contributed by atoms with Crippen molar-refractivity contribution in [1.82, 2.24) is 5.32 Å². The second kappa shape index (κ2) is 3.88. The number of benzene rings is 1. The van der Waals surface area contributed by atoms with E-state index in [9.17, 15) is 5.11 Å². The third kappa shape index (κ3) is 2.17. The van der Waals surface area contributed by atoms with E-state index in [1.165, 1.54) is 12.8 Å². The quantitative estimate of drug-likeness (QED) is 0.764. The van der Waals surface area contributed by atoms with Gasteiger partial charge in [0.1, 0.15) is 11.5 Å². The number of phenolic OH excluding ortho intramolecular Hbond substituents is 1. The summed E-state index contributed by atoms with van der Waals surface area (Å²) < 4.78 is 5.18. The topological polar surface area (TPSA) is 41.5 Å². The molecule has 3 heteroatoms. The van der Waals surface area contributed by atoms with Crippen LogP contribution >= 0.6 is 0 Å². The Bertz CT molecular complexity index is 321. The van der Waals surface area contributed by atoms with Crippen molar-refractivity contribution in [2.24, 2.45) is 0 Å². The Morgan fingerprint density at radius 3 is 2.93 bits per heavy atom. The fraction of sp³-hybridized carbons (Fsp3) is 0.455. The smallest absolute Gasteiger partial charge is 0.127 e. The summed E-state index contributed by atoms with van der Waals surface area (Å²) in [6.07, 6.45) is 2.56. The largest absolute Gasteiger partial charge is 0.508 e. The second-order valence-corrected chi connectivity index (χ2v) is 3.65. The zero-order valence-corrected chi connectivity index (χ0v) is 8.29. The Balaban J connectivity index is 2.05. The predicted molar refractivity (Wildman–Crippen MR) is 54.5 cm³/mol. The van der Waals surface area contributed by atoms with Crippen molar-refractivity contribution in [2.45, 2.75) is 25.4 Å². The first-order valence-corrected chi connectivity index (χ1v) is 4.89. The SMILES string of the molecule is COc1cc(O)ccc1CNC1CC1. The van der Waals surface area contributed by atoms with Crippen molar-refractivity contribution >= 4 is 0 Å². The molecule has 0 bridgehead atoms. The Labute approximate surface area is 83.7 Å². The van der Waals surface area contributed by atoms with Crippen LogP contribution < -0.4 is 10.1 Å². The number of nitrogens with one attached hydrogen (secondary N) is 1. The van der Waals surface area contributed by atoms with Crippen LogP contribution in [0.3, 0.4) is 0 Å². The number of ether oxygens (including phenoxy) is 1. The lowest BCUT2D eigenvalue weighted by Gasteiger charge is -2.09. The average Bonchev–Trinajstić information content (AvgIpc) is 2.99. The van der Waals surface area contributed by atoms with Gasteiger partial charge in [0.25, 0.3) is 0 Å². The van der Waals surface area contributed by atoms with Crippen LogP contribution in [-0.2, 0) is 6.54 Å². The molecule has 1 fully saturated rings. The van der Waals surface area contributed by atoms with Gasteiger partial charge in [-0.2, -0.15) is 0 Å². The Morgan fingerprint density at radius 1 is 1.50 bits per heavy atom. The number of aromatic hydroxyl groups is 1. The minimum atomic E-state index is 0.247. The molecule has 0 saturated heterocycles. The standard InChI is InChI=1S/C11H15NO2/c1-14-11-6-10(13)5-2-8(11)7-12-9-3-4-9/h2,5-6,9,12-13H,3-4,7H2,1H3. The molecule has 1 aliphatic carbocycles. The van der Waals surface area contributed by atoms with Gasteiger partial charge in [0.05, 0.1) is 7.11 Å². The van der Waals surface area contributed by atoms with E-state index in [2.05, 4.69) is 5.32 Å². The zero-order chi connectivity index (χ0) is 9.97. The van der Waals surface area contributed by atoms with Crippen molar-refractivity contribution in [3.63, 3.8) is 0 Å². The first kappa shape index (κ1) is 9.34. The van der Waals surface area contributed by atoms with Crippen LogP contribution in [0.15, 0.2) is 18.2 Å². The molecule has 0 amide bonds. The van der Waals surface area contributed by atoms with Gasteiger partial charge in [0.2, 0.25) is 0 Å². The van der Waals surface area contributed by atoms with Crippen LogP contribution in [0.25, 0.3) is 0 Å². The van der Waals surface area contributed by atoms with E-state index < -0.39 is 0 Å². The lowest BCUT2D eigenvalue weighted by molar-refractivity contribution is 0.401. The van der Waals surface area contributed by atoms with Crippen LogP contribution in [-0.4, -0.2) is 18.3 Å². The second-order valence-electron chi connectivity index (χ2n) is 3.65. The molecule has 0 aromatic heterocycles. The van der Waals surface area contributed by atoms with E-state index in [4.69, 9.17) is 4.74 Å². The van der Waals surface area contributed by atoms with Crippen molar-refractivity contribution in [3.05, 3.63) is 23.8 Å². The summed E-state index contributed by atoms with van der Waals surface area (Å²) in [5.41, 5.74) is 1.09. The summed E-state index contributed by atoms with van der Waals surface area (Å²) in [5, 5.41) is 12.7. The molecule has 0 aliphatic heterocycles. The first-order valence-electron chi connectivity index (χ1n) is 4.89. The Morgan fingerprint density at radius 2 is 2.29 bits per heavy atom. The van der Waals surface area contributed by atoms with Crippen molar-refractivity contribution in [3.8, 4) is 11.5 Å². The number of rotatable bonds is 4. The van der Waals surface area contributed by atoms with Crippen molar-refractivity contribution in [1.29, 1.82) is 0 Å². The molecular formula is C11H15NO2.